The fourth-order valence-electron chi connectivity index (χ4n) is 9.97. The number of hydrogen-bond donors (Lipinski definition) is 3. The van der Waals surface area contributed by atoms with Crippen LogP contribution in [0.15, 0.2) is 60.9 Å². The van der Waals surface area contributed by atoms with Gasteiger partial charge in [-0.25, -0.2) is 14.8 Å². The van der Waals surface area contributed by atoms with Gasteiger partial charge in [0.25, 0.3) is 17.7 Å². The molecule has 0 aliphatic carbocycles. The maximum atomic E-state index is 13.4. The number of carbonyl (C=O) groups is 5. The second kappa shape index (κ2) is 16.2. The van der Waals surface area contributed by atoms with Crippen molar-refractivity contribution >= 4 is 52.7 Å². The number of nitrogens with two attached hydrogens (primary N) is 1. The molecule has 314 valence electrons. The number of likely N-dealkylation sites (tertiary alicyclic amines) is 1. The van der Waals surface area contributed by atoms with E-state index in [1.165, 1.54) is 5.56 Å². The molecule has 16 nitrogen and oxygen atoms in total. The van der Waals surface area contributed by atoms with Crippen LogP contribution in [0.2, 0.25) is 0 Å². The van der Waals surface area contributed by atoms with Crippen LogP contribution in [-0.2, 0) is 4.79 Å². The van der Waals surface area contributed by atoms with Gasteiger partial charge in [-0.05, 0) is 106 Å². The van der Waals surface area contributed by atoms with Gasteiger partial charge in [-0.3, -0.25) is 24.1 Å². The quantitative estimate of drug-likeness (QED) is 0.254. The molecule has 5 fully saturated rings. The van der Waals surface area contributed by atoms with Crippen LogP contribution in [0, 0.1) is 5.92 Å². The number of piperidine rings is 3. The highest BCUT2D eigenvalue weighted by Gasteiger charge is 2.44. The number of primary amides is 1. The number of aromatic nitrogens is 2. The maximum Gasteiger partial charge on any atom is 0.320 e. The number of amides is 6. The molecule has 6 amide bonds. The molecule has 3 aromatic rings. The monoisotopic (exact) mass is 815 g/mol. The molecule has 60 heavy (non-hydrogen) atoms. The first-order valence-electron chi connectivity index (χ1n) is 21.3. The van der Waals surface area contributed by atoms with E-state index in [-0.39, 0.29) is 23.7 Å². The second-order valence-electron chi connectivity index (χ2n) is 17.2. The number of carbonyl (C=O) groups excluding carboxylic acids is 5. The molecule has 0 spiro atoms. The van der Waals surface area contributed by atoms with Crippen molar-refractivity contribution in [3.63, 3.8) is 0 Å². The number of likely N-dealkylation sites (N-methyl/N-ethyl adjacent to an activating group) is 1. The van der Waals surface area contributed by atoms with Crippen LogP contribution < -0.4 is 26.2 Å². The summed E-state index contributed by atoms with van der Waals surface area (Å²) >= 11 is 0. The van der Waals surface area contributed by atoms with Gasteiger partial charge in [0.15, 0.2) is 11.5 Å². The van der Waals surface area contributed by atoms with Crippen LogP contribution >= 0.6 is 0 Å². The van der Waals surface area contributed by atoms with Crippen molar-refractivity contribution in [3.05, 3.63) is 83.3 Å². The third kappa shape index (κ3) is 7.64. The highest BCUT2D eigenvalue weighted by molar-refractivity contribution is 6.23. The molecule has 6 aliphatic heterocycles. The fourth-order valence-corrected chi connectivity index (χ4v) is 9.97. The van der Waals surface area contributed by atoms with E-state index in [2.05, 4.69) is 49.0 Å². The van der Waals surface area contributed by atoms with Gasteiger partial charge in [0.1, 0.15) is 11.9 Å². The number of benzene rings is 2. The van der Waals surface area contributed by atoms with Crippen molar-refractivity contribution in [3.8, 4) is 0 Å². The molecule has 1 unspecified atom stereocenters. The SMILES string of the molecule is C=C1CCC(N2C(=O)c3ccc(N4CC[C@@H](CN5CCC(c6ccc(Nc7nc(N8CCC[C@@H](N9CCN(C)C9=O)C8)cnc7C(N)=O)cc6)CC5)C4)cc3C2=O)C(=O)N1. The van der Waals surface area contributed by atoms with E-state index in [0.29, 0.717) is 59.7 Å². The van der Waals surface area contributed by atoms with Gasteiger partial charge < -0.3 is 40.9 Å². The van der Waals surface area contributed by atoms with Crippen molar-refractivity contribution in [2.24, 2.45) is 11.7 Å². The minimum absolute atomic E-state index is 0.0637. The Morgan fingerprint density at radius 1 is 0.883 bits per heavy atom. The summed E-state index contributed by atoms with van der Waals surface area (Å²) in [6.45, 7) is 11.5. The summed E-state index contributed by atoms with van der Waals surface area (Å²) in [6.07, 6.45) is 7.54. The number of imide groups is 1. The molecule has 2 aromatic carbocycles. The molecule has 16 heteroatoms. The van der Waals surface area contributed by atoms with Crippen molar-refractivity contribution < 1.29 is 24.0 Å². The molecule has 6 aliphatic rings. The summed E-state index contributed by atoms with van der Waals surface area (Å²) in [4.78, 5) is 85.4. The Balaban J connectivity index is 0.771. The topological polar surface area (TPSA) is 181 Å². The van der Waals surface area contributed by atoms with Gasteiger partial charge in [-0.1, -0.05) is 18.7 Å². The van der Waals surface area contributed by atoms with E-state index in [9.17, 15) is 24.0 Å². The van der Waals surface area contributed by atoms with Crippen molar-refractivity contribution in [1.29, 1.82) is 0 Å². The summed E-state index contributed by atoms with van der Waals surface area (Å²) in [5, 5.41) is 6.00. The first-order chi connectivity index (χ1) is 29.0. The predicted molar refractivity (Wildman–Crippen MR) is 226 cm³/mol. The smallest absolute Gasteiger partial charge is 0.320 e. The molecule has 7 heterocycles. The Hall–Kier alpha value is -6.03. The highest BCUT2D eigenvalue weighted by atomic mass is 16.2. The van der Waals surface area contributed by atoms with E-state index < -0.39 is 23.8 Å². The number of nitrogens with one attached hydrogen (secondary N) is 2. The average Bonchev–Trinajstić information content (AvgIpc) is 3.93. The molecular formula is C44H53N11O5. The summed E-state index contributed by atoms with van der Waals surface area (Å²) in [6, 6.07) is 13.2. The molecule has 4 N–H and O–H groups in total. The third-order valence-corrected chi connectivity index (χ3v) is 13.3. The third-order valence-electron chi connectivity index (χ3n) is 13.3. The Bertz CT molecular complexity index is 2220. The molecule has 0 radical (unpaired) electrons. The summed E-state index contributed by atoms with van der Waals surface area (Å²) in [5.74, 6) is 0.0666. The Morgan fingerprint density at radius 2 is 1.67 bits per heavy atom. The Labute approximate surface area is 349 Å². The van der Waals surface area contributed by atoms with Gasteiger partial charge in [-0.15, -0.1) is 0 Å². The second-order valence-corrected chi connectivity index (χ2v) is 17.2. The van der Waals surface area contributed by atoms with E-state index in [4.69, 9.17) is 10.7 Å². The van der Waals surface area contributed by atoms with Crippen LogP contribution in [0.4, 0.5) is 27.8 Å². The summed E-state index contributed by atoms with van der Waals surface area (Å²) in [7, 11) is 1.83. The molecule has 1 aromatic heterocycles. The normalized spacial score (nSPS) is 24.1. The number of fused-ring (bicyclic) bond motifs is 1. The fraction of sp³-hybridized carbons (Fsp3) is 0.477. The molecule has 5 saturated heterocycles. The van der Waals surface area contributed by atoms with Crippen molar-refractivity contribution in [1.82, 2.24) is 34.9 Å². The van der Waals surface area contributed by atoms with Gasteiger partial charge in [0, 0.05) is 69.9 Å². The zero-order chi connectivity index (χ0) is 41.7. The lowest BCUT2D eigenvalue weighted by molar-refractivity contribution is -0.125. The van der Waals surface area contributed by atoms with Crippen LogP contribution in [-0.4, -0.2) is 137 Å². The van der Waals surface area contributed by atoms with Crippen LogP contribution in [0.25, 0.3) is 0 Å². The van der Waals surface area contributed by atoms with Crippen LogP contribution in [0.1, 0.15) is 87.6 Å². The lowest BCUT2D eigenvalue weighted by atomic mass is 9.89. The summed E-state index contributed by atoms with van der Waals surface area (Å²) in [5.41, 5.74) is 10.1. The number of urea groups is 1. The first-order valence-corrected chi connectivity index (χ1v) is 21.3. The van der Waals surface area contributed by atoms with E-state index in [1.54, 1.807) is 17.2 Å². The van der Waals surface area contributed by atoms with Crippen LogP contribution in [0.3, 0.4) is 0 Å². The zero-order valence-electron chi connectivity index (χ0n) is 34.1. The largest absolute Gasteiger partial charge is 0.371 e. The first kappa shape index (κ1) is 39.4. The number of rotatable bonds is 10. The lowest BCUT2D eigenvalue weighted by Crippen LogP contribution is -2.51. The Kier molecular flexibility index (Phi) is 10.6. The number of nitrogens with zero attached hydrogens (tertiary/aromatic N) is 8. The molecular weight excluding hydrogens is 763 g/mol. The number of hydrogen-bond acceptors (Lipinski definition) is 11. The highest BCUT2D eigenvalue weighted by Crippen LogP contribution is 2.35. The van der Waals surface area contributed by atoms with Gasteiger partial charge in [-0.2, -0.15) is 0 Å². The molecule has 0 bridgehead atoms. The predicted octanol–water partition coefficient (Wildman–Crippen LogP) is 3.75. The molecule has 3 atom stereocenters. The van der Waals surface area contributed by atoms with Crippen molar-refractivity contribution in [2.75, 3.05) is 81.1 Å². The number of allylic oxidation sites excluding steroid dienone is 1. The molecule has 0 saturated carbocycles. The van der Waals surface area contributed by atoms with E-state index >= 15 is 0 Å². The lowest BCUT2D eigenvalue weighted by Gasteiger charge is -2.37. The van der Waals surface area contributed by atoms with Crippen molar-refractivity contribution in [2.45, 2.75) is 62.9 Å². The standard InChI is InChI=1S/C44H53N11O5/c1-27-5-12-36(41(57)47-27)55-42(58)34-11-10-32(22-35(34)43(55)59)52-19-13-28(25-52)24-51-17-14-30(15-18-51)29-6-8-31(9-7-29)48-40-38(39(45)56)46-23-37(49-40)53-16-3-4-33(26-53)54-21-20-50(2)44(54)60/h6-11,22-23,28,30,33,36H,1,3-5,12-21,24-26H2,2H3,(H2,45,56)(H,47,57)(H,48,49)/t28-,33+,36?/m0/s1. The average molecular weight is 816 g/mol. The van der Waals surface area contributed by atoms with Gasteiger partial charge in [0.05, 0.1) is 23.4 Å². The number of anilines is 4. The van der Waals surface area contributed by atoms with Gasteiger partial charge in [0.2, 0.25) is 5.91 Å². The minimum atomic E-state index is -0.817. The minimum Gasteiger partial charge on any atom is -0.371 e. The van der Waals surface area contributed by atoms with E-state index in [0.717, 1.165) is 101 Å². The zero-order valence-corrected chi connectivity index (χ0v) is 34.1. The Morgan fingerprint density at radius 3 is 2.40 bits per heavy atom. The molecule has 9 rings (SSSR count). The maximum absolute atomic E-state index is 13.4. The van der Waals surface area contributed by atoms with Crippen LogP contribution in [0.5, 0.6) is 0 Å². The van der Waals surface area contributed by atoms with Gasteiger partial charge >= 0.3 is 6.03 Å². The van der Waals surface area contributed by atoms with E-state index in [1.807, 2.05) is 36.2 Å². The summed E-state index contributed by atoms with van der Waals surface area (Å²) < 4.78 is 0.